The second-order valence-electron chi connectivity index (χ2n) is 5.00. The first-order chi connectivity index (χ1) is 11.9. The van der Waals surface area contributed by atoms with E-state index >= 15 is 0 Å². The lowest BCUT2D eigenvalue weighted by molar-refractivity contribution is 0.0978. The Balaban J connectivity index is 2.09. The number of Topliss-reactive ketones (excluding diaryl/α,β-unsaturated/α-hetero) is 1. The summed E-state index contributed by atoms with van der Waals surface area (Å²) in [5, 5.41) is 2.98. The number of hydrogen-bond acceptors (Lipinski definition) is 6. The normalized spacial score (nSPS) is 10.7. The van der Waals surface area contributed by atoms with Gasteiger partial charge in [-0.2, -0.15) is 0 Å². The average molecular weight is 380 g/mol. The van der Waals surface area contributed by atoms with Crippen LogP contribution in [0.5, 0.6) is 5.75 Å². The number of carbonyl (C=O) groups excluding carboxylic acids is 2. The van der Waals surface area contributed by atoms with Gasteiger partial charge in [-0.1, -0.05) is 23.2 Å². The predicted molar refractivity (Wildman–Crippen MR) is 92.8 cm³/mol. The van der Waals surface area contributed by atoms with Gasteiger partial charge in [0.15, 0.2) is 11.1 Å². The summed E-state index contributed by atoms with van der Waals surface area (Å²) in [6.07, 6.45) is 2.71. The molecule has 3 rings (SSSR count). The van der Waals surface area contributed by atoms with Crippen molar-refractivity contribution in [1.29, 1.82) is 0 Å². The van der Waals surface area contributed by atoms with Crippen LogP contribution in [0.25, 0.3) is 11.1 Å². The molecule has 3 aromatic rings. The van der Waals surface area contributed by atoms with Crippen LogP contribution in [0.3, 0.4) is 0 Å². The van der Waals surface area contributed by atoms with E-state index in [9.17, 15) is 9.59 Å². The van der Waals surface area contributed by atoms with Gasteiger partial charge in [-0.05, 0) is 12.1 Å². The molecule has 1 aromatic carbocycles. The third-order valence-electron chi connectivity index (χ3n) is 3.36. The molecule has 2 aromatic heterocycles. The Morgan fingerprint density at radius 3 is 2.48 bits per heavy atom. The first-order valence-corrected chi connectivity index (χ1v) is 7.76. The molecule has 0 unspecified atom stereocenters. The van der Waals surface area contributed by atoms with Crippen LogP contribution in [-0.4, -0.2) is 28.8 Å². The molecular weight excluding hydrogens is 369 g/mol. The van der Waals surface area contributed by atoms with Crippen molar-refractivity contribution < 1.29 is 18.7 Å². The molecule has 25 heavy (non-hydrogen) atoms. The van der Waals surface area contributed by atoms with Gasteiger partial charge in [0.2, 0.25) is 5.78 Å². The molecule has 0 fully saturated rings. The van der Waals surface area contributed by atoms with Crippen molar-refractivity contribution in [3.63, 3.8) is 0 Å². The number of benzene rings is 1. The van der Waals surface area contributed by atoms with Crippen molar-refractivity contribution in [2.75, 3.05) is 12.4 Å². The fraction of sp³-hybridized carbons (Fsp3) is 0.125. The summed E-state index contributed by atoms with van der Waals surface area (Å²) < 4.78 is 10.6. The number of hydrogen-bond donors (Lipinski definition) is 1. The van der Waals surface area contributed by atoms with Crippen molar-refractivity contribution in [2.24, 2.45) is 0 Å². The van der Waals surface area contributed by atoms with E-state index in [-0.39, 0.29) is 44.1 Å². The molecule has 0 atom stereocenters. The van der Waals surface area contributed by atoms with Crippen LogP contribution in [0.1, 0.15) is 28.0 Å². The topological polar surface area (TPSA) is 94.3 Å². The first-order valence-electron chi connectivity index (χ1n) is 7.01. The van der Waals surface area contributed by atoms with Gasteiger partial charge in [0.05, 0.1) is 28.4 Å². The molecule has 2 heterocycles. The highest BCUT2D eigenvalue weighted by Crippen LogP contribution is 2.32. The number of methoxy groups -OCH3 is 1. The molecule has 1 amide bonds. The second-order valence-corrected chi connectivity index (χ2v) is 5.81. The molecule has 1 N–H and O–H groups in total. The number of fused-ring (bicyclic) bond motifs is 1. The van der Waals surface area contributed by atoms with Crippen molar-refractivity contribution in [2.45, 2.75) is 6.92 Å². The van der Waals surface area contributed by atoms with E-state index in [0.717, 1.165) is 0 Å². The number of ketones is 1. The van der Waals surface area contributed by atoms with Gasteiger partial charge in [0.25, 0.3) is 11.8 Å². The maximum absolute atomic E-state index is 12.6. The standard InChI is InChI=1S/C16H11Cl2N3O4/c1-7(22)16-21-13-11(24-2)4-3-8(14(13)25-16)15(23)20-12-9(17)5-19-6-10(12)18/h3-6H,1-2H3,(H,19,20,23). The highest BCUT2D eigenvalue weighted by molar-refractivity contribution is 6.39. The van der Waals surface area contributed by atoms with E-state index in [4.69, 9.17) is 32.4 Å². The Kier molecular flexibility index (Phi) is 4.61. The van der Waals surface area contributed by atoms with Crippen LogP contribution in [0.4, 0.5) is 5.69 Å². The fourth-order valence-electron chi connectivity index (χ4n) is 2.19. The molecular formula is C16H11Cl2N3O4. The Morgan fingerprint density at radius 1 is 1.20 bits per heavy atom. The third-order valence-corrected chi connectivity index (χ3v) is 3.94. The molecule has 0 aliphatic carbocycles. The van der Waals surface area contributed by atoms with E-state index < -0.39 is 5.91 Å². The molecule has 0 spiro atoms. The van der Waals surface area contributed by atoms with Crippen molar-refractivity contribution in [3.05, 3.63) is 46.0 Å². The number of carbonyl (C=O) groups is 2. The zero-order valence-corrected chi connectivity index (χ0v) is 14.6. The number of nitrogens with zero attached hydrogens (tertiary/aromatic N) is 2. The number of amides is 1. The van der Waals surface area contributed by atoms with Crippen LogP contribution in [0, 0.1) is 0 Å². The van der Waals surface area contributed by atoms with E-state index in [0.29, 0.717) is 5.75 Å². The summed E-state index contributed by atoms with van der Waals surface area (Å²) >= 11 is 12.0. The third kappa shape index (κ3) is 3.16. The van der Waals surface area contributed by atoms with Gasteiger partial charge in [-0.15, -0.1) is 0 Å². The summed E-state index contributed by atoms with van der Waals surface area (Å²) in [4.78, 5) is 32.1. The summed E-state index contributed by atoms with van der Waals surface area (Å²) in [7, 11) is 1.45. The molecule has 128 valence electrons. The van der Waals surface area contributed by atoms with E-state index in [1.165, 1.54) is 32.5 Å². The highest BCUT2D eigenvalue weighted by atomic mass is 35.5. The van der Waals surface area contributed by atoms with Crippen molar-refractivity contribution in [3.8, 4) is 5.75 Å². The Labute approximate surface area is 151 Å². The molecule has 0 aliphatic heterocycles. The van der Waals surface area contributed by atoms with Crippen molar-refractivity contribution >= 4 is 51.7 Å². The molecule has 9 heteroatoms. The lowest BCUT2D eigenvalue weighted by atomic mass is 10.1. The minimum Gasteiger partial charge on any atom is -0.494 e. The van der Waals surface area contributed by atoms with Gasteiger partial charge < -0.3 is 14.5 Å². The minimum absolute atomic E-state index is 0.117. The number of halogens is 2. The molecule has 0 radical (unpaired) electrons. The molecule has 0 bridgehead atoms. The Bertz CT molecular complexity index is 980. The van der Waals surface area contributed by atoms with Gasteiger partial charge in [0, 0.05) is 19.3 Å². The van der Waals surface area contributed by atoms with Crippen LogP contribution in [0.2, 0.25) is 10.0 Å². The monoisotopic (exact) mass is 379 g/mol. The maximum atomic E-state index is 12.6. The molecule has 7 nitrogen and oxygen atoms in total. The summed E-state index contributed by atoms with van der Waals surface area (Å²) in [5.74, 6) is -0.643. The Morgan fingerprint density at radius 2 is 1.88 bits per heavy atom. The SMILES string of the molecule is COc1ccc(C(=O)Nc2c(Cl)cncc2Cl)c2oc(C(C)=O)nc12. The highest BCUT2D eigenvalue weighted by Gasteiger charge is 2.22. The number of anilines is 1. The average Bonchev–Trinajstić information content (AvgIpc) is 3.02. The lowest BCUT2D eigenvalue weighted by Crippen LogP contribution is -2.13. The number of ether oxygens (including phenoxy) is 1. The largest absolute Gasteiger partial charge is 0.494 e. The zero-order valence-electron chi connectivity index (χ0n) is 13.1. The number of nitrogens with one attached hydrogen (secondary N) is 1. The van der Waals surface area contributed by atoms with Crippen LogP contribution in [0.15, 0.2) is 28.9 Å². The molecule has 0 aliphatic rings. The first kappa shape index (κ1) is 17.2. The second kappa shape index (κ2) is 6.70. The van der Waals surface area contributed by atoms with Gasteiger partial charge >= 0.3 is 0 Å². The van der Waals surface area contributed by atoms with E-state index in [1.807, 2.05) is 0 Å². The van der Waals surface area contributed by atoms with Crippen molar-refractivity contribution in [1.82, 2.24) is 9.97 Å². The number of rotatable bonds is 4. The summed E-state index contributed by atoms with van der Waals surface area (Å²) in [6.45, 7) is 1.31. The van der Waals surface area contributed by atoms with Gasteiger partial charge in [-0.3, -0.25) is 14.6 Å². The summed E-state index contributed by atoms with van der Waals surface area (Å²) in [5.41, 5.74) is 0.772. The smallest absolute Gasteiger partial charge is 0.264 e. The quantitative estimate of drug-likeness (QED) is 0.688. The van der Waals surface area contributed by atoms with E-state index in [2.05, 4.69) is 15.3 Å². The zero-order chi connectivity index (χ0) is 18.1. The Hall–Kier alpha value is -2.64. The summed E-state index contributed by atoms with van der Waals surface area (Å²) in [6, 6.07) is 3.05. The molecule has 0 saturated heterocycles. The number of oxazole rings is 1. The van der Waals surface area contributed by atoms with Crippen LogP contribution >= 0.6 is 23.2 Å². The number of pyridine rings is 1. The van der Waals surface area contributed by atoms with Gasteiger partial charge in [-0.25, -0.2) is 4.98 Å². The molecule has 0 saturated carbocycles. The minimum atomic E-state index is -0.533. The van der Waals surface area contributed by atoms with Crippen LogP contribution in [-0.2, 0) is 0 Å². The van der Waals surface area contributed by atoms with Crippen LogP contribution < -0.4 is 10.1 Å². The maximum Gasteiger partial charge on any atom is 0.264 e. The van der Waals surface area contributed by atoms with Gasteiger partial charge in [0.1, 0.15) is 5.75 Å². The lowest BCUT2D eigenvalue weighted by Gasteiger charge is -2.09. The van der Waals surface area contributed by atoms with E-state index in [1.54, 1.807) is 6.07 Å². The predicted octanol–water partition coefficient (Wildman–Crippen LogP) is 3.99. The number of aromatic nitrogens is 2. The fourth-order valence-corrected chi connectivity index (χ4v) is 2.65.